The Balaban J connectivity index is 2.62. The van der Waals surface area contributed by atoms with E-state index in [2.05, 4.69) is 6.58 Å². The summed E-state index contributed by atoms with van der Waals surface area (Å²) in [6.07, 6.45) is 3.95. The first kappa shape index (κ1) is 14.0. The van der Waals surface area contributed by atoms with Crippen molar-refractivity contribution < 1.29 is 14.6 Å². The van der Waals surface area contributed by atoms with E-state index in [0.29, 0.717) is 12.8 Å². The van der Waals surface area contributed by atoms with Gasteiger partial charge in [0.1, 0.15) is 0 Å². The predicted octanol–water partition coefficient (Wildman–Crippen LogP) is 2.60. The molecule has 0 aromatic carbocycles. The minimum atomic E-state index is -0.507. The number of carbonyl (C=O) groups excluding carboxylic acids is 1. The van der Waals surface area contributed by atoms with E-state index in [1.807, 2.05) is 6.92 Å². The average Bonchev–Trinajstić information content (AvgIpc) is 2.29. The van der Waals surface area contributed by atoms with Crippen molar-refractivity contribution in [3.8, 4) is 0 Å². The largest absolute Gasteiger partial charge is 0.501 e. The summed E-state index contributed by atoms with van der Waals surface area (Å²) in [5.74, 6) is 0.863. The van der Waals surface area contributed by atoms with Gasteiger partial charge in [0.2, 0.25) is 0 Å². The van der Waals surface area contributed by atoms with E-state index in [1.165, 1.54) is 0 Å². The molecule has 1 aliphatic rings. The maximum atomic E-state index is 12.0. The number of aliphatic hydroxyl groups is 1. The van der Waals surface area contributed by atoms with Crippen molar-refractivity contribution in [1.29, 1.82) is 0 Å². The molecule has 0 saturated heterocycles. The van der Waals surface area contributed by atoms with Crippen LogP contribution in [0.15, 0.2) is 24.0 Å². The Morgan fingerprint density at radius 1 is 1.71 bits per heavy atom. The second-order valence-corrected chi connectivity index (χ2v) is 5.14. The smallest absolute Gasteiger partial charge is 0.164 e. The van der Waals surface area contributed by atoms with Gasteiger partial charge >= 0.3 is 0 Å². The number of hydrogen-bond donors (Lipinski definition) is 1. The summed E-state index contributed by atoms with van der Waals surface area (Å²) in [6.45, 7) is 7.48. The maximum Gasteiger partial charge on any atom is 0.164 e. The lowest BCUT2D eigenvalue weighted by Gasteiger charge is -2.31. The number of allylic oxidation sites excluding steroid dienone is 2. The first-order valence-corrected chi connectivity index (χ1v) is 6.01. The van der Waals surface area contributed by atoms with Crippen molar-refractivity contribution in [3.05, 3.63) is 24.0 Å². The van der Waals surface area contributed by atoms with Crippen molar-refractivity contribution in [2.24, 2.45) is 5.41 Å². The van der Waals surface area contributed by atoms with Crippen LogP contribution in [0.2, 0.25) is 0 Å². The number of methoxy groups -OCH3 is 1. The zero-order chi connectivity index (χ0) is 13.1. The fourth-order valence-electron chi connectivity index (χ4n) is 2.03. The van der Waals surface area contributed by atoms with Crippen LogP contribution in [0.3, 0.4) is 0 Å². The van der Waals surface area contributed by atoms with E-state index in [4.69, 9.17) is 4.74 Å². The Bertz CT molecular complexity index is 343. The maximum absolute atomic E-state index is 12.0. The molecule has 1 rings (SSSR count). The zero-order valence-electron chi connectivity index (χ0n) is 11.0. The third kappa shape index (κ3) is 3.43. The summed E-state index contributed by atoms with van der Waals surface area (Å²) in [6, 6.07) is 0. The van der Waals surface area contributed by atoms with Gasteiger partial charge in [0.05, 0.1) is 19.0 Å². The van der Waals surface area contributed by atoms with E-state index in [9.17, 15) is 9.90 Å². The van der Waals surface area contributed by atoms with Gasteiger partial charge in [0.15, 0.2) is 5.78 Å². The molecule has 0 fully saturated rings. The Morgan fingerprint density at radius 2 is 2.35 bits per heavy atom. The number of ketones is 1. The third-order valence-corrected chi connectivity index (χ3v) is 3.61. The lowest BCUT2D eigenvalue weighted by Crippen LogP contribution is -2.31. The summed E-state index contributed by atoms with van der Waals surface area (Å²) in [7, 11) is 1.59. The van der Waals surface area contributed by atoms with E-state index in [1.54, 1.807) is 20.1 Å². The standard InChI is InChI=1S/C14H22O3/c1-10(2)12(15)6-8-14(3)7-5-11(17-4)9-13(14)16/h9,12,15H,1,5-8H2,2-4H3/t12-,14-/m0/s1. The van der Waals surface area contributed by atoms with Crippen molar-refractivity contribution in [1.82, 2.24) is 0 Å². The Labute approximate surface area is 103 Å². The van der Waals surface area contributed by atoms with Gasteiger partial charge in [0.25, 0.3) is 0 Å². The van der Waals surface area contributed by atoms with Crippen LogP contribution in [-0.4, -0.2) is 24.1 Å². The zero-order valence-corrected chi connectivity index (χ0v) is 11.0. The molecule has 2 atom stereocenters. The molecular formula is C14H22O3. The molecule has 1 N–H and O–H groups in total. The minimum absolute atomic E-state index is 0.106. The summed E-state index contributed by atoms with van der Waals surface area (Å²) < 4.78 is 5.10. The third-order valence-electron chi connectivity index (χ3n) is 3.61. The molecule has 0 saturated carbocycles. The number of rotatable bonds is 5. The quantitative estimate of drug-likeness (QED) is 0.749. The fourth-order valence-corrected chi connectivity index (χ4v) is 2.03. The average molecular weight is 238 g/mol. The van der Waals surface area contributed by atoms with Crippen LogP contribution in [0, 0.1) is 5.41 Å². The van der Waals surface area contributed by atoms with Gasteiger partial charge in [-0.15, -0.1) is 0 Å². The lowest BCUT2D eigenvalue weighted by molar-refractivity contribution is -0.125. The van der Waals surface area contributed by atoms with Crippen molar-refractivity contribution in [3.63, 3.8) is 0 Å². The SMILES string of the molecule is C=C(C)[C@@H](O)CC[C@]1(C)CCC(OC)=CC1=O. The van der Waals surface area contributed by atoms with Gasteiger partial charge < -0.3 is 9.84 Å². The van der Waals surface area contributed by atoms with Crippen molar-refractivity contribution in [2.75, 3.05) is 7.11 Å². The minimum Gasteiger partial charge on any atom is -0.501 e. The molecule has 0 radical (unpaired) electrons. The predicted molar refractivity (Wildman–Crippen MR) is 67.5 cm³/mol. The summed E-state index contributed by atoms with van der Waals surface area (Å²) >= 11 is 0. The molecule has 0 aliphatic heterocycles. The van der Waals surface area contributed by atoms with Crippen LogP contribution >= 0.6 is 0 Å². The van der Waals surface area contributed by atoms with Crippen molar-refractivity contribution in [2.45, 2.75) is 45.6 Å². The molecule has 0 aromatic heterocycles. The first-order chi connectivity index (χ1) is 7.89. The Kier molecular flexibility index (Phi) is 4.52. The van der Waals surface area contributed by atoms with Gasteiger partial charge in [-0.25, -0.2) is 0 Å². The van der Waals surface area contributed by atoms with E-state index in [0.717, 1.165) is 24.2 Å². The fraction of sp³-hybridized carbons (Fsp3) is 0.643. The highest BCUT2D eigenvalue weighted by atomic mass is 16.5. The number of hydrogen-bond acceptors (Lipinski definition) is 3. The summed E-state index contributed by atoms with van der Waals surface area (Å²) in [4.78, 5) is 12.0. The number of ether oxygens (including phenoxy) is 1. The Morgan fingerprint density at radius 3 is 2.82 bits per heavy atom. The molecule has 3 heteroatoms. The second kappa shape index (κ2) is 5.50. The molecule has 1 aliphatic carbocycles. The van der Waals surface area contributed by atoms with Gasteiger partial charge in [-0.3, -0.25) is 4.79 Å². The van der Waals surface area contributed by atoms with Crippen LogP contribution in [0.25, 0.3) is 0 Å². The van der Waals surface area contributed by atoms with E-state index in [-0.39, 0.29) is 11.2 Å². The van der Waals surface area contributed by atoms with Crippen LogP contribution in [0.1, 0.15) is 39.5 Å². The van der Waals surface area contributed by atoms with Crippen LogP contribution in [-0.2, 0) is 9.53 Å². The molecule has 17 heavy (non-hydrogen) atoms. The van der Waals surface area contributed by atoms with Crippen LogP contribution in [0.5, 0.6) is 0 Å². The second-order valence-electron chi connectivity index (χ2n) is 5.14. The highest BCUT2D eigenvalue weighted by molar-refractivity contribution is 5.95. The lowest BCUT2D eigenvalue weighted by atomic mass is 9.73. The van der Waals surface area contributed by atoms with Gasteiger partial charge in [-0.2, -0.15) is 0 Å². The number of carbonyl (C=O) groups is 1. The summed E-state index contributed by atoms with van der Waals surface area (Å²) in [5, 5.41) is 9.71. The molecule has 0 unspecified atom stereocenters. The van der Waals surface area contributed by atoms with Gasteiger partial charge in [-0.05, 0) is 26.2 Å². The van der Waals surface area contributed by atoms with E-state index >= 15 is 0 Å². The molecule has 0 amide bonds. The van der Waals surface area contributed by atoms with Crippen molar-refractivity contribution >= 4 is 5.78 Å². The molecular weight excluding hydrogens is 216 g/mol. The number of aliphatic hydroxyl groups excluding tert-OH is 1. The Hall–Kier alpha value is -1.09. The molecule has 96 valence electrons. The normalized spacial score (nSPS) is 26.4. The molecule has 3 nitrogen and oxygen atoms in total. The molecule has 0 heterocycles. The van der Waals surface area contributed by atoms with Crippen LogP contribution in [0.4, 0.5) is 0 Å². The molecule has 0 aromatic rings. The highest BCUT2D eigenvalue weighted by Crippen LogP contribution is 2.37. The van der Waals surface area contributed by atoms with Crippen LogP contribution < -0.4 is 0 Å². The molecule has 0 bridgehead atoms. The molecule has 0 spiro atoms. The van der Waals surface area contributed by atoms with Gasteiger partial charge in [0, 0.05) is 17.9 Å². The topological polar surface area (TPSA) is 46.5 Å². The van der Waals surface area contributed by atoms with Gasteiger partial charge in [-0.1, -0.05) is 19.1 Å². The monoisotopic (exact) mass is 238 g/mol. The summed E-state index contributed by atoms with van der Waals surface area (Å²) in [5.41, 5.74) is 0.392. The highest BCUT2D eigenvalue weighted by Gasteiger charge is 2.35. The van der Waals surface area contributed by atoms with E-state index < -0.39 is 6.10 Å². The first-order valence-electron chi connectivity index (χ1n) is 6.01.